The molecule has 88 valence electrons. The highest BCUT2D eigenvalue weighted by molar-refractivity contribution is 5.79. The maximum Gasteiger partial charge on any atom is 0.224 e. The van der Waals surface area contributed by atoms with Gasteiger partial charge in [-0.25, -0.2) is 0 Å². The van der Waals surface area contributed by atoms with Crippen LogP contribution in [0.25, 0.3) is 0 Å². The molecule has 1 saturated heterocycles. The molecule has 0 aromatic heterocycles. The molecule has 0 spiro atoms. The SMILES string of the molecule is COC[C@H](C)NC(=O)[C@H]1CCCN(C)C1. The fourth-order valence-corrected chi connectivity index (χ4v) is 2.03. The topological polar surface area (TPSA) is 41.6 Å². The van der Waals surface area contributed by atoms with Crippen LogP contribution in [0.1, 0.15) is 19.8 Å². The summed E-state index contributed by atoms with van der Waals surface area (Å²) in [6, 6.07) is 0.106. The van der Waals surface area contributed by atoms with Gasteiger partial charge in [0, 0.05) is 19.7 Å². The smallest absolute Gasteiger partial charge is 0.224 e. The highest BCUT2D eigenvalue weighted by atomic mass is 16.5. The number of ether oxygens (including phenoxy) is 1. The Morgan fingerprint density at radius 3 is 3.00 bits per heavy atom. The van der Waals surface area contributed by atoms with Gasteiger partial charge in [0.1, 0.15) is 0 Å². The highest BCUT2D eigenvalue weighted by Gasteiger charge is 2.24. The van der Waals surface area contributed by atoms with Crippen LogP contribution in [0, 0.1) is 5.92 Å². The second kappa shape index (κ2) is 6.08. The minimum absolute atomic E-state index is 0.106. The van der Waals surface area contributed by atoms with Crippen molar-refractivity contribution in [1.82, 2.24) is 10.2 Å². The van der Waals surface area contributed by atoms with Gasteiger partial charge in [0.25, 0.3) is 0 Å². The first kappa shape index (κ1) is 12.5. The van der Waals surface area contributed by atoms with Crippen molar-refractivity contribution in [1.29, 1.82) is 0 Å². The summed E-state index contributed by atoms with van der Waals surface area (Å²) < 4.78 is 4.99. The van der Waals surface area contributed by atoms with Crippen molar-refractivity contribution in [2.45, 2.75) is 25.8 Å². The van der Waals surface area contributed by atoms with Crippen LogP contribution in [-0.4, -0.2) is 50.7 Å². The molecule has 0 aromatic carbocycles. The summed E-state index contributed by atoms with van der Waals surface area (Å²) in [5, 5.41) is 2.98. The molecule has 1 aliphatic rings. The van der Waals surface area contributed by atoms with Gasteiger partial charge >= 0.3 is 0 Å². The lowest BCUT2D eigenvalue weighted by Crippen LogP contribution is -2.45. The average molecular weight is 214 g/mol. The van der Waals surface area contributed by atoms with Gasteiger partial charge < -0.3 is 15.0 Å². The van der Waals surface area contributed by atoms with E-state index >= 15 is 0 Å². The fraction of sp³-hybridized carbons (Fsp3) is 0.909. The van der Waals surface area contributed by atoms with E-state index in [0.29, 0.717) is 6.61 Å². The molecular weight excluding hydrogens is 192 g/mol. The van der Waals surface area contributed by atoms with Crippen molar-refractivity contribution in [3.05, 3.63) is 0 Å². The standard InChI is InChI=1S/C11H22N2O2/c1-9(8-15-3)12-11(14)10-5-4-6-13(2)7-10/h9-10H,4-8H2,1-3H3,(H,12,14)/t9-,10-/m0/s1. The van der Waals surface area contributed by atoms with E-state index in [4.69, 9.17) is 4.74 Å². The van der Waals surface area contributed by atoms with E-state index in [1.54, 1.807) is 7.11 Å². The zero-order valence-electron chi connectivity index (χ0n) is 9.95. The first-order valence-electron chi connectivity index (χ1n) is 5.61. The molecule has 0 aliphatic carbocycles. The molecule has 0 radical (unpaired) electrons. The van der Waals surface area contributed by atoms with Gasteiger partial charge in [0.2, 0.25) is 5.91 Å². The predicted octanol–water partition coefficient (Wildman–Crippen LogP) is 0.479. The number of methoxy groups -OCH3 is 1. The lowest BCUT2D eigenvalue weighted by atomic mass is 9.97. The second-order valence-corrected chi connectivity index (χ2v) is 4.47. The quantitative estimate of drug-likeness (QED) is 0.740. The maximum atomic E-state index is 11.8. The molecule has 2 atom stereocenters. The van der Waals surface area contributed by atoms with Gasteiger partial charge in [0.15, 0.2) is 0 Å². The van der Waals surface area contributed by atoms with Crippen molar-refractivity contribution >= 4 is 5.91 Å². The molecule has 1 aliphatic heterocycles. The Morgan fingerprint density at radius 2 is 2.40 bits per heavy atom. The van der Waals surface area contributed by atoms with Gasteiger partial charge in [0.05, 0.1) is 12.5 Å². The van der Waals surface area contributed by atoms with Crippen LogP contribution in [-0.2, 0) is 9.53 Å². The van der Waals surface area contributed by atoms with Crippen LogP contribution in [0.4, 0.5) is 0 Å². The Hall–Kier alpha value is -0.610. The Morgan fingerprint density at radius 1 is 1.67 bits per heavy atom. The Labute approximate surface area is 92.0 Å². The Balaban J connectivity index is 2.32. The highest BCUT2D eigenvalue weighted by Crippen LogP contribution is 2.15. The third kappa shape index (κ3) is 4.18. The van der Waals surface area contributed by atoms with Gasteiger partial charge in [-0.2, -0.15) is 0 Å². The number of hydrogen-bond acceptors (Lipinski definition) is 3. The molecule has 1 rings (SSSR count). The molecule has 1 N–H and O–H groups in total. The summed E-state index contributed by atoms with van der Waals surface area (Å²) in [6.07, 6.45) is 2.13. The van der Waals surface area contributed by atoms with Gasteiger partial charge in [-0.1, -0.05) is 0 Å². The summed E-state index contributed by atoms with van der Waals surface area (Å²) in [4.78, 5) is 14.1. The molecule has 15 heavy (non-hydrogen) atoms. The summed E-state index contributed by atoms with van der Waals surface area (Å²) in [6.45, 7) is 4.53. The van der Waals surface area contributed by atoms with Crippen molar-refractivity contribution in [2.24, 2.45) is 5.92 Å². The van der Waals surface area contributed by atoms with E-state index in [1.165, 1.54) is 0 Å². The van der Waals surface area contributed by atoms with E-state index in [1.807, 2.05) is 6.92 Å². The zero-order chi connectivity index (χ0) is 11.3. The molecule has 0 aromatic rings. The summed E-state index contributed by atoms with van der Waals surface area (Å²) in [5.41, 5.74) is 0. The molecule has 4 nitrogen and oxygen atoms in total. The number of hydrogen-bond donors (Lipinski definition) is 1. The molecule has 1 fully saturated rings. The van der Waals surface area contributed by atoms with Crippen LogP contribution < -0.4 is 5.32 Å². The lowest BCUT2D eigenvalue weighted by molar-refractivity contribution is -0.127. The van der Waals surface area contributed by atoms with Crippen LogP contribution in [0.2, 0.25) is 0 Å². The normalized spacial score (nSPS) is 24.9. The van der Waals surface area contributed by atoms with Crippen molar-refractivity contribution in [2.75, 3.05) is 33.9 Å². The number of nitrogens with one attached hydrogen (secondary N) is 1. The van der Waals surface area contributed by atoms with Crippen molar-refractivity contribution in [3.63, 3.8) is 0 Å². The summed E-state index contributed by atoms with van der Waals surface area (Å²) in [5.74, 6) is 0.328. The zero-order valence-corrected chi connectivity index (χ0v) is 9.95. The van der Waals surface area contributed by atoms with E-state index < -0.39 is 0 Å². The molecule has 0 unspecified atom stereocenters. The number of nitrogens with zero attached hydrogens (tertiary/aromatic N) is 1. The molecule has 4 heteroatoms. The van der Waals surface area contributed by atoms with Crippen LogP contribution in [0.5, 0.6) is 0 Å². The van der Waals surface area contributed by atoms with E-state index in [2.05, 4.69) is 17.3 Å². The van der Waals surface area contributed by atoms with Crippen LogP contribution in [0.3, 0.4) is 0 Å². The summed E-state index contributed by atoms with van der Waals surface area (Å²) in [7, 11) is 3.72. The van der Waals surface area contributed by atoms with Crippen LogP contribution >= 0.6 is 0 Å². The first-order chi connectivity index (χ1) is 7.13. The minimum Gasteiger partial charge on any atom is -0.383 e. The largest absolute Gasteiger partial charge is 0.383 e. The Bertz CT molecular complexity index is 209. The monoisotopic (exact) mass is 214 g/mol. The molecule has 0 saturated carbocycles. The summed E-state index contributed by atoms with van der Waals surface area (Å²) >= 11 is 0. The van der Waals surface area contributed by atoms with E-state index in [0.717, 1.165) is 25.9 Å². The number of carbonyl (C=O) groups is 1. The van der Waals surface area contributed by atoms with E-state index in [-0.39, 0.29) is 17.9 Å². The lowest BCUT2D eigenvalue weighted by Gasteiger charge is -2.29. The van der Waals surface area contributed by atoms with Crippen molar-refractivity contribution < 1.29 is 9.53 Å². The predicted molar refractivity (Wildman–Crippen MR) is 59.7 cm³/mol. The first-order valence-corrected chi connectivity index (χ1v) is 5.61. The third-order valence-electron chi connectivity index (χ3n) is 2.80. The van der Waals surface area contributed by atoms with Gasteiger partial charge in [-0.15, -0.1) is 0 Å². The van der Waals surface area contributed by atoms with Gasteiger partial charge in [-0.05, 0) is 33.4 Å². The Kier molecular flexibility index (Phi) is 5.05. The van der Waals surface area contributed by atoms with Crippen LogP contribution in [0.15, 0.2) is 0 Å². The van der Waals surface area contributed by atoms with Gasteiger partial charge in [-0.3, -0.25) is 4.79 Å². The van der Waals surface area contributed by atoms with Crippen molar-refractivity contribution in [3.8, 4) is 0 Å². The van der Waals surface area contributed by atoms with E-state index in [9.17, 15) is 4.79 Å². The molecule has 0 bridgehead atoms. The maximum absolute atomic E-state index is 11.8. The second-order valence-electron chi connectivity index (χ2n) is 4.47. The molecule has 1 amide bonds. The number of likely N-dealkylation sites (tertiary alicyclic amines) is 1. The molecule has 1 heterocycles. The number of amides is 1. The number of carbonyl (C=O) groups excluding carboxylic acids is 1. The number of rotatable bonds is 4. The average Bonchev–Trinajstić information content (AvgIpc) is 2.18. The third-order valence-corrected chi connectivity index (χ3v) is 2.80. The minimum atomic E-state index is 0.106. The fourth-order valence-electron chi connectivity index (χ4n) is 2.03. The molecular formula is C11H22N2O2. The number of piperidine rings is 1.